The van der Waals surface area contributed by atoms with E-state index in [9.17, 15) is 14.5 Å². The molecule has 0 saturated heterocycles. The quantitative estimate of drug-likeness (QED) is 0.153. The fourth-order valence-corrected chi connectivity index (χ4v) is 3.77. The van der Waals surface area contributed by atoms with E-state index in [1.807, 2.05) is 30.3 Å². The Balaban J connectivity index is 1.48. The molecule has 0 unspecified atom stereocenters. The fraction of sp³-hybridized carbons (Fsp3) is 0.115. The molecule has 5 rings (SSSR count). The first-order chi connectivity index (χ1) is 17.9. The molecule has 11 heteroatoms. The number of aromatic nitrogens is 4. The number of benzene rings is 3. The summed E-state index contributed by atoms with van der Waals surface area (Å²) in [5, 5.41) is 14.2. The van der Waals surface area contributed by atoms with Crippen molar-refractivity contribution in [3.05, 3.63) is 77.8 Å². The molecule has 2 aromatic heterocycles. The predicted molar refractivity (Wildman–Crippen MR) is 138 cm³/mol. The lowest BCUT2D eigenvalue weighted by molar-refractivity contribution is -0.148. The van der Waals surface area contributed by atoms with Crippen molar-refractivity contribution in [1.82, 2.24) is 25.2 Å². The number of para-hydroxylation sites is 1. The highest BCUT2D eigenvalue weighted by Gasteiger charge is 2.18. The molecule has 0 saturated carbocycles. The van der Waals surface area contributed by atoms with Crippen molar-refractivity contribution in [2.24, 2.45) is 5.29 Å². The third kappa shape index (κ3) is 4.96. The number of hydrogen-bond acceptors (Lipinski definition) is 9. The zero-order chi connectivity index (χ0) is 25.9. The topological polar surface area (TPSA) is 140 Å². The Kier molecular flexibility index (Phi) is 6.25. The van der Waals surface area contributed by atoms with Crippen LogP contribution in [0.4, 0.5) is 11.5 Å². The van der Waals surface area contributed by atoms with Gasteiger partial charge in [0.25, 0.3) is 0 Å². The van der Waals surface area contributed by atoms with E-state index < -0.39 is 11.9 Å². The standard InChI is InChI=1S/C26H21N7O4/c1-15(2)28-25(34)26(35)37-19-7-5-6-16(13-19)23-30-21-9-4-3-8-20(21)24(31-23)29-18-10-11-22-17(12-18)14-27-33(22)32-36/h3-15H,1-2H3,(H,28,34)(H,29,30,31). The highest BCUT2D eigenvalue weighted by atomic mass is 16.5. The summed E-state index contributed by atoms with van der Waals surface area (Å²) in [5.74, 6) is -0.681. The maximum Gasteiger partial charge on any atom is 0.402 e. The minimum atomic E-state index is -1.00. The van der Waals surface area contributed by atoms with Gasteiger partial charge in [-0.15, -0.1) is 9.70 Å². The lowest BCUT2D eigenvalue weighted by Gasteiger charge is -2.12. The molecule has 0 fully saturated rings. The van der Waals surface area contributed by atoms with Gasteiger partial charge >= 0.3 is 11.9 Å². The number of fused-ring (bicyclic) bond motifs is 2. The number of ether oxygens (including phenoxy) is 1. The molecule has 37 heavy (non-hydrogen) atoms. The van der Waals surface area contributed by atoms with Gasteiger partial charge in [0.1, 0.15) is 11.6 Å². The average Bonchev–Trinajstić information content (AvgIpc) is 3.30. The number of carbonyl (C=O) groups is 2. The van der Waals surface area contributed by atoms with Gasteiger partial charge in [0.05, 0.1) is 22.5 Å². The summed E-state index contributed by atoms with van der Waals surface area (Å²) in [6.07, 6.45) is 1.56. The Morgan fingerprint density at radius 3 is 2.65 bits per heavy atom. The summed E-state index contributed by atoms with van der Waals surface area (Å²) in [6, 6.07) is 19.4. The number of nitroso groups, excluding NO2 is 1. The van der Waals surface area contributed by atoms with Crippen molar-refractivity contribution in [2.75, 3.05) is 5.32 Å². The van der Waals surface area contributed by atoms with Crippen LogP contribution in [0.15, 0.2) is 78.2 Å². The number of hydrogen-bond donors (Lipinski definition) is 2. The van der Waals surface area contributed by atoms with Crippen molar-refractivity contribution in [3.63, 3.8) is 0 Å². The van der Waals surface area contributed by atoms with Crippen LogP contribution in [0, 0.1) is 4.91 Å². The van der Waals surface area contributed by atoms with E-state index in [2.05, 4.69) is 26.0 Å². The van der Waals surface area contributed by atoms with Gasteiger partial charge in [0, 0.05) is 28.1 Å². The van der Waals surface area contributed by atoms with E-state index in [1.165, 1.54) is 0 Å². The van der Waals surface area contributed by atoms with Gasteiger partial charge in [-0.2, -0.15) is 5.10 Å². The van der Waals surface area contributed by atoms with Gasteiger partial charge < -0.3 is 15.4 Å². The first-order valence-corrected chi connectivity index (χ1v) is 11.4. The van der Waals surface area contributed by atoms with E-state index in [0.717, 1.165) is 21.3 Å². The van der Waals surface area contributed by atoms with Gasteiger partial charge in [0.15, 0.2) is 5.82 Å². The zero-order valence-corrected chi connectivity index (χ0v) is 19.9. The second-order valence-electron chi connectivity index (χ2n) is 8.47. The molecule has 0 aliphatic rings. The van der Waals surface area contributed by atoms with Crippen molar-refractivity contribution < 1.29 is 14.3 Å². The number of carbonyl (C=O) groups excluding carboxylic acids is 2. The minimum Gasteiger partial charge on any atom is -0.419 e. The number of esters is 1. The summed E-state index contributed by atoms with van der Waals surface area (Å²) in [4.78, 5) is 45.4. The molecule has 2 N–H and O–H groups in total. The third-order valence-corrected chi connectivity index (χ3v) is 5.40. The summed E-state index contributed by atoms with van der Waals surface area (Å²) >= 11 is 0. The number of rotatable bonds is 6. The SMILES string of the molecule is CC(C)NC(=O)C(=O)Oc1cccc(-c2nc(Nc3ccc4c(cnn4N=O)c3)c3ccccc3n2)c1. The van der Waals surface area contributed by atoms with Crippen LogP contribution in [-0.2, 0) is 9.59 Å². The van der Waals surface area contributed by atoms with Crippen LogP contribution >= 0.6 is 0 Å². The largest absolute Gasteiger partial charge is 0.419 e. The second-order valence-corrected chi connectivity index (χ2v) is 8.47. The van der Waals surface area contributed by atoms with Crippen molar-refractivity contribution in [2.45, 2.75) is 19.9 Å². The zero-order valence-electron chi connectivity index (χ0n) is 19.9. The van der Waals surface area contributed by atoms with Crippen LogP contribution in [0.3, 0.4) is 0 Å². The third-order valence-electron chi connectivity index (χ3n) is 5.40. The molecule has 184 valence electrons. The molecule has 0 atom stereocenters. The highest BCUT2D eigenvalue weighted by molar-refractivity contribution is 6.33. The van der Waals surface area contributed by atoms with Gasteiger partial charge in [-0.3, -0.25) is 4.79 Å². The van der Waals surface area contributed by atoms with E-state index in [4.69, 9.17) is 9.72 Å². The normalized spacial score (nSPS) is 11.0. The molecule has 1 amide bonds. The van der Waals surface area contributed by atoms with E-state index >= 15 is 0 Å². The first-order valence-electron chi connectivity index (χ1n) is 11.4. The van der Waals surface area contributed by atoms with Crippen LogP contribution < -0.4 is 15.4 Å². The predicted octanol–water partition coefficient (Wildman–Crippen LogP) is 4.35. The number of anilines is 2. The molecule has 2 heterocycles. The average molecular weight is 495 g/mol. The number of nitrogens with one attached hydrogen (secondary N) is 2. The maximum atomic E-state index is 12.1. The fourth-order valence-electron chi connectivity index (χ4n) is 3.77. The van der Waals surface area contributed by atoms with Gasteiger partial charge in [-0.05, 0) is 56.3 Å². The molecule has 0 spiro atoms. The molecule has 0 radical (unpaired) electrons. The van der Waals surface area contributed by atoms with Crippen molar-refractivity contribution in [3.8, 4) is 17.1 Å². The Hall–Kier alpha value is -5.19. The smallest absolute Gasteiger partial charge is 0.402 e. The molecule has 5 aromatic rings. The van der Waals surface area contributed by atoms with Crippen LogP contribution in [-0.4, -0.2) is 37.8 Å². The summed E-state index contributed by atoms with van der Waals surface area (Å²) in [6.45, 7) is 3.50. The molecular weight excluding hydrogens is 474 g/mol. The summed E-state index contributed by atoms with van der Waals surface area (Å²) < 4.78 is 5.24. The maximum absolute atomic E-state index is 12.1. The minimum absolute atomic E-state index is 0.193. The molecule has 0 aliphatic carbocycles. The molecule has 0 aliphatic heterocycles. The van der Waals surface area contributed by atoms with Crippen molar-refractivity contribution in [1.29, 1.82) is 0 Å². The second kappa shape index (κ2) is 9.82. The monoisotopic (exact) mass is 495 g/mol. The van der Waals surface area contributed by atoms with Gasteiger partial charge in [-0.1, -0.05) is 24.3 Å². The Morgan fingerprint density at radius 2 is 1.84 bits per heavy atom. The Labute approximate surface area is 210 Å². The lowest BCUT2D eigenvalue weighted by atomic mass is 10.1. The molecule has 3 aromatic carbocycles. The molecule has 11 nitrogen and oxygen atoms in total. The van der Waals surface area contributed by atoms with E-state index in [-0.39, 0.29) is 11.8 Å². The highest BCUT2D eigenvalue weighted by Crippen LogP contribution is 2.30. The first kappa shape index (κ1) is 23.5. The number of amides is 1. The van der Waals surface area contributed by atoms with Crippen LogP contribution in [0.25, 0.3) is 33.2 Å². The van der Waals surface area contributed by atoms with Crippen LogP contribution in [0.2, 0.25) is 0 Å². The lowest BCUT2D eigenvalue weighted by Crippen LogP contribution is -2.38. The number of nitrogens with zero attached hydrogens (tertiary/aromatic N) is 5. The summed E-state index contributed by atoms with van der Waals surface area (Å²) in [5.41, 5.74) is 2.61. The van der Waals surface area contributed by atoms with E-state index in [0.29, 0.717) is 28.2 Å². The van der Waals surface area contributed by atoms with E-state index in [1.54, 1.807) is 56.4 Å². The Morgan fingerprint density at radius 1 is 1.00 bits per heavy atom. The van der Waals surface area contributed by atoms with Gasteiger partial charge in [-0.25, -0.2) is 14.8 Å². The van der Waals surface area contributed by atoms with Gasteiger partial charge in [0.2, 0.25) is 0 Å². The molecular formula is C26H21N7O4. The Bertz CT molecular complexity index is 1660. The van der Waals surface area contributed by atoms with Crippen molar-refractivity contribution >= 4 is 45.2 Å². The summed E-state index contributed by atoms with van der Waals surface area (Å²) in [7, 11) is 0. The van der Waals surface area contributed by atoms with Crippen LogP contribution in [0.1, 0.15) is 13.8 Å². The van der Waals surface area contributed by atoms with Crippen LogP contribution in [0.5, 0.6) is 5.75 Å². The molecule has 0 bridgehead atoms.